The first kappa shape index (κ1) is 14.3. The number of nitrogens with zero attached hydrogens (tertiary/aromatic N) is 2. The van der Waals surface area contributed by atoms with Crippen molar-refractivity contribution in [1.29, 1.82) is 0 Å². The number of ether oxygens (including phenoxy) is 1. The summed E-state index contributed by atoms with van der Waals surface area (Å²) in [4.78, 5) is 6.53. The van der Waals surface area contributed by atoms with Crippen molar-refractivity contribution in [3.63, 3.8) is 0 Å². The molecule has 112 valence electrons. The van der Waals surface area contributed by atoms with Crippen LogP contribution in [0.4, 0.5) is 0 Å². The van der Waals surface area contributed by atoms with E-state index in [-0.39, 0.29) is 6.04 Å². The van der Waals surface area contributed by atoms with Gasteiger partial charge in [-0.3, -0.25) is 9.88 Å². The molecule has 1 atom stereocenters. The van der Waals surface area contributed by atoms with Crippen LogP contribution in [-0.4, -0.2) is 36.2 Å². The monoisotopic (exact) mass is 286 g/mol. The fourth-order valence-electron chi connectivity index (χ4n) is 2.75. The maximum atomic E-state index is 5.92. The fourth-order valence-corrected chi connectivity index (χ4v) is 2.75. The molecule has 2 aromatic heterocycles. The standard InChI is InChI=1S/C17H22N2O2/c1-2-15-3-4-17(21-15)16-13-20-12-11-19(16)10-7-14-5-8-18-9-6-14/h3-6,8-9,16H,2,7,10-13H2,1H3. The molecular formula is C17H22N2O2. The highest BCUT2D eigenvalue weighted by Crippen LogP contribution is 2.26. The third-order valence-corrected chi connectivity index (χ3v) is 4.04. The van der Waals surface area contributed by atoms with Crippen LogP contribution in [-0.2, 0) is 17.6 Å². The Hall–Kier alpha value is -1.65. The molecule has 1 saturated heterocycles. The number of hydrogen-bond donors (Lipinski definition) is 0. The van der Waals surface area contributed by atoms with Gasteiger partial charge in [-0.1, -0.05) is 6.92 Å². The zero-order valence-electron chi connectivity index (χ0n) is 12.5. The van der Waals surface area contributed by atoms with Crippen LogP contribution >= 0.6 is 0 Å². The van der Waals surface area contributed by atoms with Gasteiger partial charge in [0.2, 0.25) is 0 Å². The van der Waals surface area contributed by atoms with Crippen LogP contribution in [0, 0.1) is 0 Å². The molecule has 21 heavy (non-hydrogen) atoms. The van der Waals surface area contributed by atoms with Crippen LogP contribution in [0.5, 0.6) is 0 Å². The number of pyridine rings is 1. The van der Waals surface area contributed by atoms with Gasteiger partial charge in [-0.15, -0.1) is 0 Å². The molecule has 3 rings (SSSR count). The molecule has 4 heteroatoms. The van der Waals surface area contributed by atoms with Gasteiger partial charge in [0.05, 0.1) is 19.3 Å². The average molecular weight is 286 g/mol. The molecule has 0 N–H and O–H groups in total. The molecule has 0 saturated carbocycles. The number of furan rings is 1. The zero-order chi connectivity index (χ0) is 14.5. The summed E-state index contributed by atoms with van der Waals surface area (Å²) in [5.74, 6) is 2.07. The van der Waals surface area contributed by atoms with E-state index in [0.29, 0.717) is 6.61 Å². The predicted molar refractivity (Wildman–Crippen MR) is 81.2 cm³/mol. The van der Waals surface area contributed by atoms with Crippen LogP contribution in [0.2, 0.25) is 0 Å². The van der Waals surface area contributed by atoms with E-state index in [1.807, 2.05) is 12.4 Å². The van der Waals surface area contributed by atoms with Crippen LogP contribution in [0.25, 0.3) is 0 Å². The largest absolute Gasteiger partial charge is 0.464 e. The Kier molecular flexibility index (Phi) is 4.68. The van der Waals surface area contributed by atoms with Crippen molar-refractivity contribution < 1.29 is 9.15 Å². The maximum Gasteiger partial charge on any atom is 0.123 e. The lowest BCUT2D eigenvalue weighted by Crippen LogP contribution is -2.40. The second-order valence-electron chi connectivity index (χ2n) is 5.39. The van der Waals surface area contributed by atoms with Crippen LogP contribution < -0.4 is 0 Å². The highest BCUT2D eigenvalue weighted by Gasteiger charge is 2.26. The number of aromatic nitrogens is 1. The van der Waals surface area contributed by atoms with E-state index in [9.17, 15) is 0 Å². The molecule has 0 aromatic carbocycles. The SMILES string of the molecule is CCc1ccc(C2COCCN2CCc2ccncc2)o1. The van der Waals surface area contributed by atoms with Crippen molar-refractivity contribution >= 4 is 0 Å². The van der Waals surface area contributed by atoms with Crippen molar-refractivity contribution in [1.82, 2.24) is 9.88 Å². The Labute approximate surface area is 125 Å². The fraction of sp³-hybridized carbons (Fsp3) is 0.471. The van der Waals surface area contributed by atoms with E-state index in [4.69, 9.17) is 9.15 Å². The molecule has 0 amide bonds. The third-order valence-electron chi connectivity index (χ3n) is 4.04. The minimum absolute atomic E-state index is 0.237. The smallest absolute Gasteiger partial charge is 0.123 e. The van der Waals surface area contributed by atoms with E-state index in [1.54, 1.807) is 0 Å². The minimum Gasteiger partial charge on any atom is -0.464 e. The summed E-state index contributed by atoms with van der Waals surface area (Å²) in [5.41, 5.74) is 1.32. The summed E-state index contributed by atoms with van der Waals surface area (Å²) in [5, 5.41) is 0. The first-order valence-electron chi connectivity index (χ1n) is 7.66. The third kappa shape index (κ3) is 3.52. The highest BCUT2D eigenvalue weighted by molar-refractivity contribution is 5.13. The molecule has 2 aromatic rings. The van der Waals surface area contributed by atoms with Gasteiger partial charge in [-0.2, -0.15) is 0 Å². The van der Waals surface area contributed by atoms with Gasteiger partial charge in [-0.05, 0) is 36.2 Å². The van der Waals surface area contributed by atoms with Crippen LogP contribution in [0.1, 0.15) is 30.0 Å². The normalized spacial score (nSPS) is 19.8. The molecule has 1 unspecified atom stereocenters. The van der Waals surface area contributed by atoms with Crippen LogP contribution in [0.15, 0.2) is 41.1 Å². The van der Waals surface area contributed by atoms with E-state index in [1.165, 1.54) is 5.56 Å². The first-order valence-corrected chi connectivity index (χ1v) is 7.66. The Balaban J connectivity index is 1.66. The molecule has 0 aliphatic carbocycles. The summed E-state index contributed by atoms with van der Waals surface area (Å²) < 4.78 is 11.6. The summed E-state index contributed by atoms with van der Waals surface area (Å²) in [6.45, 7) is 5.60. The van der Waals surface area contributed by atoms with Crippen molar-refractivity contribution in [3.05, 3.63) is 53.7 Å². The topological polar surface area (TPSA) is 38.5 Å². The lowest BCUT2D eigenvalue weighted by Gasteiger charge is -2.34. The Bertz CT molecular complexity index is 553. The van der Waals surface area contributed by atoms with Crippen molar-refractivity contribution in [2.24, 2.45) is 0 Å². The highest BCUT2D eigenvalue weighted by atomic mass is 16.5. The predicted octanol–water partition coefficient (Wildman–Crippen LogP) is 2.85. The Morgan fingerprint density at radius 2 is 2.10 bits per heavy atom. The summed E-state index contributed by atoms with van der Waals surface area (Å²) in [7, 11) is 0. The second-order valence-corrected chi connectivity index (χ2v) is 5.39. The number of aryl methyl sites for hydroxylation is 1. The van der Waals surface area contributed by atoms with Crippen molar-refractivity contribution in [3.8, 4) is 0 Å². The molecule has 4 nitrogen and oxygen atoms in total. The molecule has 1 aliphatic rings. The molecule has 0 spiro atoms. The van der Waals surface area contributed by atoms with E-state index in [2.05, 4.69) is 41.1 Å². The van der Waals surface area contributed by atoms with Crippen LogP contribution in [0.3, 0.4) is 0 Å². The van der Waals surface area contributed by atoms with Gasteiger partial charge in [0.1, 0.15) is 11.5 Å². The summed E-state index contributed by atoms with van der Waals surface area (Å²) in [6, 6.07) is 8.57. The van der Waals surface area contributed by atoms with E-state index < -0.39 is 0 Å². The van der Waals surface area contributed by atoms with Gasteiger partial charge in [0.25, 0.3) is 0 Å². The maximum absolute atomic E-state index is 5.92. The van der Waals surface area contributed by atoms with Crippen molar-refractivity contribution in [2.45, 2.75) is 25.8 Å². The number of hydrogen-bond acceptors (Lipinski definition) is 4. The lowest BCUT2D eigenvalue weighted by atomic mass is 10.1. The molecular weight excluding hydrogens is 264 g/mol. The first-order chi connectivity index (χ1) is 10.4. The van der Waals surface area contributed by atoms with Gasteiger partial charge in [0.15, 0.2) is 0 Å². The second kappa shape index (κ2) is 6.87. The summed E-state index contributed by atoms with van der Waals surface area (Å²) >= 11 is 0. The average Bonchev–Trinajstić information content (AvgIpc) is 3.03. The Morgan fingerprint density at radius 1 is 1.24 bits per heavy atom. The zero-order valence-corrected chi connectivity index (χ0v) is 12.5. The quantitative estimate of drug-likeness (QED) is 0.847. The molecule has 3 heterocycles. The molecule has 0 bridgehead atoms. The van der Waals surface area contributed by atoms with Gasteiger partial charge >= 0.3 is 0 Å². The summed E-state index contributed by atoms with van der Waals surface area (Å²) in [6.07, 6.45) is 5.67. The molecule has 1 aliphatic heterocycles. The van der Waals surface area contributed by atoms with Gasteiger partial charge in [-0.25, -0.2) is 0 Å². The minimum atomic E-state index is 0.237. The Morgan fingerprint density at radius 3 is 2.86 bits per heavy atom. The van der Waals surface area contributed by atoms with Crippen molar-refractivity contribution in [2.75, 3.05) is 26.3 Å². The lowest BCUT2D eigenvalue weighted by molar-refractivity contribution is -0.0157. The number of rotatable bonds is 5. The molecule has 1 fully saturated rings. The molecule has 0 radical (unpaired) electrons. The van der Waals surface area contributed by atoms with Gasteiger partial charge in [0, 0.05) is 31.9 Å². The van der Waals surface area contributed by atoms with Gasteiger partial charge < -0.3 is 9.15 Å². The van der Waals surface area contributed by atoms with E-state index >= 15 is 0 Å². The van der Waals surface area contributed by atoms with E-state index in [0.717, 1.165) is 44.1 Å². The number of morpholine rings is 1.